The Hall–Kier alpha value is -2.65. The van der Waals surface area contributed by atoms with Gasteiger partial charge in [-0.2, -0.15) is 5.10 Å². The first kappa shape index (κ1) is 14.3. The van der Waals surface area contributed by atoms with E-state index in [0.29, 0.717) is 34.4 Å². The molecule has 0 saturated heterocycles. The zero-order valence-electron chi connectivity index (χ0n) is 11.3. The second-order valence-electron chi connectivity index (χ2n) is 4.42. The van der Waals surface area contributed by atoms with E-state index in [4.69, 9.17) is 20.3 Å². The number of nitrogen functional groups attached to an aromatic ring is 1. The van der Waals surface area contributed by atoms with Crippen molar-refractivity contribution in [1.82, 2.24) is 4.98 Å². The van der Waals surface area contributed by atoms with Crippen LogP contribution in [0.5, 0.6) is 5.75 Å². The fraction of sp³-hybridized carbons (Fsp3) is 0.154. The van der Waals surface area contributed by atoms with E-state index in [2.05, 4.69) is 15.5 Å². The maximum absolute atomic E-state index is 11.2. The van der Waals surface area contributed by atoms with Gasteiger partial charge in [-0.1, -0.05) is 0 Å². The van der Waals surface area contributed by atoms with Gasteiger partial charge in [0.15, 0.2) is 6.79 Å². The molecule has 1 aromatic carbocycles. The molecule has 0 aliphatic carbocycles. The van der Waals surface area contributed by atoms with E-state index in [1.54, 1.807) is 5.38 Å². The van der Waals surface area contributed by atoms with Gasteiger partial charge in [-0.25, -0.2) is 9.78 Å². The molecule has 1 aromatic heterocycles. The zero-order valence-corrected chi connectivity index (χ0v) is 12.1. The van der Waals surface area contributed by atoms with Gasteiger partial charge in [0.1, 0.15) is 11.6 Å². The quantitative estimate of drug-likeness (QED) is 0.580. The Balaban J connectivity index is 1.88. The van der Waals surface area contributed by atoms with Crippen LogP contribution < -0.4 is 15.9 Å². The minimum Gasteiger partial charge on any atom is -0.478 e. The van der Waals surface area contributed by atoms with Crippen molar-refractivity contribution < 1.29 is 19.4 Å². The van der Waals surface area contributed by atoms with E-state index < -0.39 is 5.97 Å². The highest BCUT2D eigenvalue weighted by atomic mass is 32.1. The summed E-state index contributed by atoms with van der Waals surface area (Å²) in [4.78, 5) is 15.2. The number of nitrogens with one attached hydrogen (secondary N) is 1. The minimum atomic E-state index is -1.02. The molecule has 1 aliphatic heterocycles. The van der Waals surface area contributed by atoms with Crippen molar-refractivity contribution in [3.8, 4) is 5.75 Å². The van der Waals surface area contributed by atoms with Crippen LogP contribution >= 0.6 is 11.3 Å². The summed E-state index contributed by atoms with van der Waals surface area (Å²) < 4.78 is 10.6. The zero-order chi connectivity index (χ0) is 15.5. The number of benzene rings is 1. The average Bonchev–Trinajstić information content (AvgIpc) is 2.92. The number of thiazole rings is 1. The molecular formula is C13H12N4O4S. The molecule has 0 saturated carbocycles. The lowest BCUT2D eigenvalue weighted by atomic mass is 10.0. The second kappa shape index (κ2) is 6.00. The number of carboxylic acid groups (broad SMARTS) is 1. The summed E-state index contributed by atoms with van der Waals surface area (Å²) in [6.45, 7) is 0.421. The van der Waals surface area contributed by atoms with Gasteiger partial charge in [0.05, 0.1) is 18.4 Å². The van der Waals surface area contributed by atoms with Gasteiger partial charge in [0.2, 0.25) is 5.13 Å². The van der Waals surface area contributed by atoms with Crippen molar-refractivity contribution in [3.05, 3.63) is 34.2 Å². The number of anilines is 2. The normalized spacial score (nSPS) is 13.6. The van der Waals surface area contributed by atoms with Crippen LogP contribution in [0, 0.1) is 0 Å². The summed E-state index contributed by atoms with van der Waals surface area (Å²) >= 11 is 1.32. The molecule has 9 heteroatoms. The maximum atomic E-state index is 11.2. The summed E-state index contributed by atoms with van der Waals surface area (Å²) in [6.07, 6.45) is 1.48. The van der Waals surface area contributed by atoms with Crippen LogP contribution in [0.2, 0.25) is 0 Å². The Morgan fingerprint density at radius 1 is 1.55 bits per heavy atom. The lowest BCUT2D eigenvalue weighted by Crippen LogP contribution is -2.14. The van der Waals surface area contributed by atoms with Gasteiger partial charge in [-0.15, -0.1) is 11.3 Å². The Morgan fingerprint density at radius 2 is 2.41 bits per heavy atom. The van der Waals surface area contributed by atoms with Crippen molar-refractivity contribution in [1.29, 1.82) is 0 Å². The number of aromatic nitrogens is 1. The van der Waals surface area contributed by atoms with Crippen LogP contribution in [0.15, 0.2) is 22.6 Å². The molecule has 0 amide bonds. The van der Waals surface area contributed by atoms with Crippen LogP contribution in [-0.4, -0.2) is 29.1 Å². The summed E-state index contributed by atoms with van der Waals surface area (Å²) in [6, 6.07) is 3.02. The highest BCUT2D eigenvalue weighted by Crippen LogP contribution is 2.29. The van der Waals surface area contributed by atoms with Crippen LogP contribution in [0.4, 0.5) is 10.9 Å². The highest BCUT2D eigenvalue weighted by Gasteiger charge is 2.18. The van der Waals surface area contributed by atoms with Gasteiger partial charge in [0, 0.05) is 16.5 Å². The molecule has 1 aliphatic rings. The maximum Gasteiger partial charge on any atom is 0.335 e. The Morgan fingerprint density at radius 3 is 3.14 bits per heavy atom. The number of hydrogen-bond donors (Lipinski definition) is 3. The number of hydrazone groups is 1. The number of carboxylic acids is 1. The summed E-state index contributed by atoms with van der Waals surface area (Å²) in [7, 11) is 0. The third-order valence-corrected chi connectivity index (χ3v) is 3.64. The number of ether oxygens (including phenoxy) is 2. The predicted molar refractivity (Wildman–Crippen MR) is 81.4 cm³/mol. The third kappa shape index (κ3) is 3.00. The monoisotopic (exact) mass is 320 g/mol. The molecular weight excluding hydrogens is 308 g/mol. The van der Waals surface area contributed by atoms with E-state index in [9.17, 15) is 4.79 Å². The van der Waals surface area contributed by atoms with E-state index in [0.717, 1.165) is 0 Å². The first-order valence-corrected chi connectivity index (χ1v) is 7.12. The second-order valence-corrected chi connectivity index (χ2v) is 5.28. The standard InChI is InChI=1S/C13H12N4O4S/c14-10-5-22-13(16-10)17-15-3-8-1-7(12(18)19)2-9-4-20-6-21-11(8)9/h1-3,5H,4,6,14H2,(H,16,17)(H,18,19). The van der Waals surface area contributed by atoms with E-state index >= 15 is 0 Å². The number of nitrogens with two attached hydrogens (primary N) is 1. The Kier molecular flexibility index (Phi) is 3.90. The highest BCUT2D eigenvalue weighted by molar-refractivity contribution is 7.14. The van der Waals surface area contributed by atoms with Crippen LogP contribution in [0.3, 0.4) is 0 Å². The van der Waals surface area contributed by atoms with Gasteiger partial charge >= 0.3 is 5.97 Å². The van der Waals surface area contributed by atoms with Crippen LogP contribution in [-0.2, 0) is 11.3 Å². The summed E-state index contributed by atoms with van der Waals surface area (Å²) in [5, 5.41) is 15.4. The van der Waals surface area contributed by atoms with Crippen LogP contribution in [0.25, 0.3) is 0 Å². The summed E-state index contributed by atoms with van der Waals surface area (Å²) in [5.74, 6) is -0.0439. The minimum absolute atomic E-state index is 0.122. The molecule has 4 N–H and O–H groups in total. The molecule has 0 unspecified atom stereocenters. The third-order valence-electron chi connectivity index (χ3n) is 2.87. The largest absolute Gasteiger partial charge is 0.478 e. The molecule has 2 aromatic rings. The molecule has 0 spiro atoms. The number of aromatic carboxylic acids is 1. The van der Waals surface area contributed by atoms with Crippen molar-refractivity contribution >= 4 is 34.5 Å². The van der Waals surface area contributed by atoms with Gasteiger partial charge < -0.3 is 20.3 Å². The van der Waals surface area contributed by atoms with Crippen molar-refractivity contribution in [2.75, 3.05) is 18.0 Å². The molecule has 22 heavy (non-hydrogen) atoms. The molecule has 0 fully saturated rings. The number of rotatable bonds is 4. The fourth-order valence-corrected chi connectivity index (χ4v) is 2.51. The van der Waals surface area contributed by atoms with Gasteiger partial charge in [-0.3, -0.25) is 5.43 Å². The predicted octanol–water partition coefficient (Wildman–Crippen LogP) is 1.74. The first-order chi connectivity index (χ1) is 10.6. The number of nitrogens with zero attached hydrogens (tertiary/aromatic N) is 2. The number of fused-ring (bicyclic) bond motifs is 1. The molecule has 0 bridgehead atoms. The molecule has 3 rings (SSSR count). The SMILES string of the molecule is Nc1csc(NN=Cc2cc(C(=O)O)cc3c2OCOC3)n1. The van der Waals surface area contributed by atoms with Crippen LogP contribution in [0.1, 0.15) is 21.5 Å². The van der Waals surface area contributed by atoms with Crippen molar-refractivity contribution in [2.24, 2.45) is 5.10 Å². The molecule has 2 heterocycles. The Labute approximate surface area is 129 Å². The van der Waals surface area contributed by atoms with E-state index in [1.165, 1.54) is 29.7 Å². The molecule has 0 radical (unpaired) electrons. The van der Waals surface area contributed by atoms with Crippen molar-refractivity contribution in [2.45, 2.75) is 6.61 Å². The van der Waals surface area contributed by atoms with Crippen molar-refractivity contribution in [3.63, 3.8) is 0 Å². The summed E-state index contributed by atoms with van der Waals surface area (Å²) in [5.41, 5.74) is 9.62. The fourth-order valence-electron chi connectivity index (χ4n) is 1.96. The lowest BCUT2D eigenvalue weighted by Gasteiger charge is -2.19. The number of hydrogen-bond acceptors (Lipinski definition) is 8. The Bertz CT molecular complexity index is 744. The molecule has 114 valence electrons. The average molecular weight is 320 g/mol. The molecule has 0 atom stereocenters. The number of carbonyl (C=O) groups is 1. The first-order valence-electron chi connectivity index (χ1n) is 6.24. The van der Waals surface area contributed by atoms with Gasteiger partial charge in [-0.05, 0) is 12.1 Å². The van der Waals surface area contributed by atoms with E-state index in [1.807, 2.05) is 0 Å². The van der Waals surface area contributed by atoms with E-state index in [-0.39, 0.29) is 12.4 Å². The smallest absolute Gasteiger partial charge is 0.335 e. The lowest BCUT2D eigenvalue weighted by molar-refractivity contribution is -0.0165. The topological polar surface area (TPSA) is 119 Å². The van der Waals surface area contributed by atoms with Gasteiger partial charge in [0.25, 0.3) is 0 Å². The molecule has 8 nitrogen and oxygen atoms in total.